The summed E-state index contributed by atoms with van der Waals surface area (Å²) >= 11 is 2.99. The van der Waals surface area contributed by atoms with Crippen LogP contribution in [0.2, 0.25) is 0 Å². The fourth-order valence-corrected chi connectivity index (χ4v) is 4.47. The van der Waals surface area contributed by atoms with Crippen LogP contribution in [0.25, 0.3) is 0 Å². The number of anilines is 1. The molecule has 1 unspecified atom stereocenters. The minimum Gasteiger partial charge on any atom is -0.288 e. The monoisotopic (exact) mass is 296 g/mol. The maximum Gasteiger partial charge on any atom is 0.229 e. The molecule has 1 fully saturated rings. The van der Waals surface area contributed by atoms with Gasteiger partial charge in [-0.05, 0) is 25.2 Å². The van der Waals surface area contributed by atoms with E-state index in [0.717, 1.165) is 23.7 Å². The molecule has 6 heteroatoms. The maximum atomic E-state index is 12.1. The number of amides is 1. The van der Waals surface area contributed by atoms with Crippen molar-refractivity contribution in [3.8, 4) is 0 Å². The molecular formula is C13H16N2O2S2. The molecule has 2 heterocycles. The normalized spacial score (nSPS) is 22.1. The van der Waals surface area contributed by atoms with Gasteiger partial charge in [0, 0.05) is 30.5 Å². The molecule has 0 spiro atoms. The van der Waals surface area contributed by atoms with Crippen molar-refractivity contribution in [3.63, 3.8) is 0 Å². The first-order chi connectivity index (χ1) is 9.13. The van der Waals surface area contributed by atoms with Crippen molar-refractivity contribution in [2.24, 2.45) is 5.92 Å². The second-order valence-corrected chi connectivity index (χ2v) is 7.36. The maximum absolute atomic E-state index is 12.1. The van der Waals surface area contributed by atoms with Gasteiger partial charge in [-0.2, -0.15) is 0 Å². The Morgan fingerprint density at radius 2 is 2.37 bits per heavy atom. The van der Waals surface area contributed by atoms with E-state index < -0.39 is 0 Å². The summed E-state index contributed by atoms with van der Waals surface area (Å²) < 4.78 is 0. The molecule has 3 rings (SSSR count). The molecule has 0 radical (unpaired) electrons. The number of carbonyl (C=O) groups is 2. The SMILES string of the molecule is CC(=O)SCC1CC(=O)N(c2nc3c(s2)CCC3)C1. The highest BCUT2D eigenvalue weighted by Crippen LogP contribution is 2.35. The number of thiazole rings is 1. The molecule has 0 saturated carbocycles. The zero-order chi connectivity index (χ0) is 13.4. The zero-order valence-electron chi connectivity index (χ0n) is 10.8. The van der Waals surface area contributed by atoms with E-state index in [-0.39, 0.29) is 16.9 Å². The number of rotatable bonds is 3. The molecular weight excluding hydrogens is 280 g/mol. The Kier molecular flexibility index (Phi) is 3.62. The van der Waals surface area contributed by atoms with Crippen molar-refractivity contribution >= 4 is 39.3 Å². The molecule has 0 N–H and O–H groups in total. The Bertz CT molecular complexity index is 505. The third-order valence-electron chi connectivity index (χ3n) is 3.54. The molecule has 0 bridgehead atoms. The molecule has 1 amide bonds. The van der Waals surface area contributed by atoms with Crippen LogP contribution in [0.5, 0.6) is 0 Å². The number of fused-ring (bicyclic) bond motifs is 1. The highest BCUT2D eigenvalue weighted by atomic mass is 32.2. The summed E-state index contributed by atoms with van der Waals surface area (Å²) in [4.78, 5) is 30.8. The number of nitrogens with zero attached hydrogens (tertiary/aromatic N) is 2. The standard InChI is InChI=1S/C13H16N2O2S2/c1-8(16)18-7-9-5-12(17)15(6-9)13-14-10-3-2-4-11(10)19-13/h9H,2-7H2,1H3. The van der Waals surface area contributed by atoms with Crippen LogP contribution < -0.4 is 4.90 Å². The van der Waals surface area contributed by atoms with Gasteiger partial charge in [0.05, 0.1) is 5.69 Å². The summed E-state index contributed by atoms with van der Waals surface area (Å²) in [5.41, 5.74) is 1.19. The van der Waals surface area contributed by atoms with Crippen molar-refractivity contribution < 1.29 is 9.59 Å². The number of hydrogen-bond donors (Lipinski definition) is 0. The van der Waals surface area contributed by atoms with Crippen LogP contribution in [0, 0.1) is 5.92 Å². The quantitative estimate of drug-likeness (QED) is 0.858. The Labute approximate surface area is 120 Å². The largest absolute Gasteiger partial charge is 0.288 e. The Morgan fingerprint density at radius 1 is 1.53 bits per heavy atom. The molecule has 0 aromatic carbocycles. The van der Waals surface area contributed by atoms with Crippen LogP contribution >= 0.6 is 23.1 Å². The first-order valence-electron chi connectivity index (χ1n) is 6.56. The summed E-state index contributed by atoms with van der Waals surface area (Å²) in [5, 5.41) is 0.990. The lowest BCUT2D eigenvalue weighted by molar-refractivity contribution is -0.117. The lowest BCUT2D eigenvalue weighted by Gasteiger charge is -2.12. The van der Waals surface area contributed by atoms with E-state index in [1.807, 2.05) is 4.90 Å². The van der Waals surface area contributed by atoms with Gasteiger partial charge in [0.25, 0.3) is 0 Å². The van der Waals surface area contributed by atoms with Gasteiger partial charge < -0.3 is 0 Å². The van der Waals surface area contributed by atoms with Crippen molar-refractivity contribution in [3.05, 3.63) is 10.6 Å². The predicted octanol–water partition coefficient (Wildman–Crippen LogP) is 2.26. The smallest absolute Gasteiger partial charge is 0.229 e. The first-order valence-corrected chi connectivity index (χ1v) is 8.36. The minimum atomic E-state index is 0.124. The molecule has 1 atom stereocenters. The molecule has 1 saturated heterocycles. The van der Waals surface area contributed by atoms with Crippen LogP contribution in [-0.4, -0.2) is 28.3 Å². The van der Waals surface area contributed by atoms with Gasteiger partial charge >= 0.3 is 0 Å². The topological polar surface area (TPSA) is 50.3 Å². The minimum absolute atomic E-state index is 0.124. The van der Waals surface area contributed by atoms with Crippen LogP contribution in [0.4, 0.5) is 5.13 Å². The number of aromatic nitrogens is 1. The zero-order valence-corrected chi connectivity index (χ0v) is 12.5. The van der Waals surface area contributed by atoms with Crippen molar-refractivity contribution in [1.29, 1.82) is 0 Å². The molecule has 1 aromatic rings. The highest BCUT2D eigenvalue weighted by Gasteiger charge is 2.33. The fourth-order valence-electron chi connectivity index (χ4n) is 2.61. The Hall–Kier alpha value is -0.880. The van der Waals surface area contributed by atoms with Gasteiger partial charge in [0.15, 0.2) is 10.2 Å². The first kappa shape index (κ1) is 13.1. The van der Waals surface area contributed by atoms with Gasteiger partial charge in [-0.15, -0.1) is 11.3 Å². The second kappa shape index (κ2) is 5.25. The van der Waals surface area contributed by atoms with Crippen molar-refractivity contribution in [1.82, 2.24) is 4.98 Å². The molecule has 19 heavy (non-hydrogen) atoms. The molecule has 102 valence electrons. The lowest BCUT2D eigenvalue weighted by atomic mass is 10.1. The third kappa shape index (κ3) is 2.69. The van der Waals surface area contributed by atoms with Gasteiger partial charge in [-0.3, -0.25) is 14.5 Å². The summed E-state index contributed by atoms with van der Waals surface area (Å²) in [5.74, 6) is 1.17. The van der Waals surface area contributed by atoms with Gasteiger partial charge in [0.1, 0.15) is 0 Å². The van der Waals surface area contributed by atoms with E-state index in [2.05, 4.69) is 4.98 Å². The molecule has 1 aliphatic heterocycles. The van der Waals surface area contributed by atoms with Gasteiger partial charge in [-0.25, -0.2) is 4.98 Å². The van der Waals surface area contributed by atoms with E-state index in [0.29, 0.717) is 13.0 Å². The van der Waals surface area contributed by atoms with Gasteiger partial charge in [-0.1, -0.05) is 11.8 Å². The lowest BCUT2D eigenvalue weighted by Crippen LogP contribution is -2.24. The predicted molar refractivity (Wildman–Crippen MR) is 77.7 cm³/mol. The molecule has 1 aliphatic carbocycles. The number of thioether (sulfide) groups is 1. The number of aryl methyl sites for hydroxylation is 2. The molecule has 2 aliphatic rings. The van der Waals surface area contributed by atoms with Crippen LogP contribution in [-0.2, 0) is 22.4 Å². The number of hydrogen-bond acceptors (Lipinski definition) is 5. The van der Waals surface area contributed by atoms with E-state index in [9.17, 15) is 9.59 Å². The van der Waals surface area contributed by atoms with Crippen molar-refractivity contribution in [2.75, 3.05) is 17.2 Å². The number of carbonyl (C=O) groups excluding carboxylic acids is 2. The van der Waals surface area contributed by atoms with E-state index >= 15 is 0 Å². The Balaban J connectivity index is 1.68. The van der Waals surface area contributed by atoms with E-state index in [1.54, 1.807) is 18.3 Å². The van der Waals surface area contributed by atoms with Crippen LogP contribution in [0.1, 0.15) is 30.3 Å². The summed E-state index contributed by atoms with van der Waals surface area (Å²) in [6.45, 7) is 2.29. The average molecular weight is 296 g/mol. The van der Waals surface area contributed by atoms with E-state index in [1.165, 1.54) is 28.8 Å². The van der Waals surface area contributed by atoms with Crippen molar-refractivity contribution in [2.45, 2.75) is 32.6 Å². The molecule has 1 aromatic heterocycles. The third-order valence-corrected chi connectivity index (χ3v) is 5.77. The average Bonchev–Trinajstić information content (AvgIpc) is 2.99. The summed E-state index contributed by atoms with van der Waals surface area (Å²) in [6.07, 6.45) is 3.90. The highest BCUT2D eigenvalue weighted by molar-refractivity contribution is 8.13. The van der Waals surface area contributed by atoms with E-state index in [4.69, 9.17) is 0 Å². The summed E-state index contributed by atoms with van der Waals surface area (Å²) in [6, 6.07) is 0. The fraction of sp³-hybridized carbons (Fsp3) is 0.615. The Morgan fingerprint density at radius 3 is 3.11 bits per heavy atom. The second-order valence-electron chi connectivity index (χ2n) is 5.10. The van der Waals surface area contributed by atoms with Crippen LogP contribution in [0.15, 0.2) is 0 Å². The van der Waals surface area contributed by atoms with Crippen LogP contribution in [0.3, 0.4) is 0 Å². The summed E-state index contributed by atoms with van der Waals surface area (Å²) in [7, 11) is 0. The van der Waals surface area contributed by atoms with Gasteiger partial charge in [0.2, 0.25) is 5.91 Å². The molecule has 4 nitrogen and oxygen atoms in total.